The molecule has 2 amide bonds. The first-order valence-corrected chi connectivity index (χ1v) is 7.88. The number of nitrogens with one attached hydrogen (secondary N) is 1. The number of carbonyl (C=O) groups excluding carboxylic acids is 2. The zero-order chi connectivity index (χ0) is 15.9. The van der Waals surface area contributed by atoms with Crippen molar-refractivity contribution >= 4 is 11.8 Å². The number of benzene rings is 1. The van der Waals surface area contributed by atoms with Crippen LogP contribution in [0.25, 0.3) is 0 Å². The molecule has 0 unspecified atom stereocenters. The summed E-state index contributed by atoms with van der Waals surface area (Å²) in [6, 6.07) is 7.69. The van der Waals surface area contributed by atoms with Crippen LogP contribution >= 0.6 is 0 Å². The Morgan fingerprint density at radius 2 is 2.05 bits per heavy atom. The summed E-state index contributed by atoms with van der Waals surface area (Å²) in [5.74, 6) is -0.357. The number of amides is 2. The molecular formula is C17H22N2O3. The van der Waals surface area contributed by atoms with E-state index in [1.165, 1.54) is 0 Å². The fourth-order valence-electron chi connectivity index (χ4n) is 3.61. The fraction of sp³-hybridized carbons (Fsp3) is 0.529. The smallest absolute Gasteiger partial charge is 0.236 e. The average Bonchev–Trinajstić information content (AvgIpc) is 2.47. The predicted octanol–water partition coefficient (Wildman–Crippen LogP) is 1.88. The van der Waals surface area contributed by atoms with Gasteiger partial charge in [-0.3, -0.25) is 9.59 Å². The number of rotatable bonds is 3. The van der Waals surface area contributed by atoms with Crippen LogP contribution in [0.5, 0.6) is 5.75 Å². The molecule has 2 aliphatic heterocycles. The zero-order valence-corrected chi connectivity index (χ0v) is 13.3. The number of nitrogens with zero attached hydrogens (tertiary/aromatic N) is 1. The molecule has 2 aliphatic rings. The molecule has 2 bridgehead atoms. The van der Waals surface area contributed by atoms with E-state index in [0.29, 0.717) is 19.5 Å². The third kappa shape index (κ3) is 2.25. The summed E-state index contributed by atoms with van der Waals surface area (Å²) < 4.78 is 5.95. The van der Waals surface area contributed by atoms with Crippen molar-refractivity contribution in [1.29, 1.82) is 0 Å². The van der Waals surface area contributed by atoms with Crippen molar-refractivity contribution in [3.8, 4) is 5.75 Å². The minimum absolute atomic E-state index is 0.0914. The normalized spacial score (nSPS) is 29.1. The van der Waals surface area contributed by atoms with Crippen molar-refractivity contribution in [2.75, 3.05) is 13.1 Å². The number of carbonyl (C=O) groups is 2. The topological polar surface area (TPSA) is 58.6 Å². The van der Waals surface area contributed by atoms with Gasteiger partial charge in [0.1, 0.15) is 11.7 Å². The zero-order valence-electron chi connectivity index (χ0n) is 13.3. The maximum Gasteiger partial charge on any atom is 0.236 e. The Morgan fingerprint density at radius 1 is 1.36 bits per heavy atom. The Balaban J connectivity index is 2.03. The van der Waals surface area contributed by atoms with Gasteiger partial charge in [0, 0.05) is 25.4 Å². The molecule has 1 saturated heterocycles. The lowest BCUT2D eigenvalue weighted by Gasteiger charge is -2.47. The summed E-state index contributed by atoms with van der Waals surface area (Å²) in [5, 5.41) is 2.89. The maximum atomic E-state index is 12.8. The highest BCUT2D eigenvalue weighted by Crippen LogP contribution is 2.46. The molecule has 118 valence electrons. The van der Waals surface area contributed by atoms with E-state index >= 15 is 0 Å². The summed E-state index contributed by atoms with van der Waals surface area (Å²) in [6.07, 6.45) is 0.618. The highest BCUT2D eigenvalue weighted by molar-refractivity contribution is 6.02. The first kappa shape index (κ1) is 14.9. The summed E-state index contributed by atoms with van der Waals surface area (Å²) in [4.78, 5) is 27.1. The van der Waals surface area contributed by atoms with E-state index in [1.807, 2.05) is 45.0 Å². The van der Waals surface area contributed by atoms with E-state index in [9.17, 15) is 9.59 Å². The van der Waals surface area contributed by atoms with Gasteiger partial charge in [0.2, 0.25) is 11.8 Å². The predicted molar refractivity (Wildman–Crippen MR) is 82.4 cm³/mol. The summed E-state index contributed by atoms with van der Waals surface area (Å²) in [7, 11) is 0. The fourth-order valence-corrected chi connectivity index (χ4v) is 3.61. The van der Waals surface area contributed by atoms with Crippen LogP contribution in [0.1, 0.15) is 38.7 Å². The standard InChI is InChI=1S/C17H22N2O3/c1-4-19(5-2)16(21)14-12-10-17(3,18-15(14)20)22-13-9-7-6-8-11(12)13/h6-9,12,14H,4-5,10H2,1-3H3,(H,18,20)/t12-,14-,17+/m0/s1. The molecule has 1 N–H and O–H groups in total. The van der Waals surface area contributed by atoms with E-state index < -0.39 is 11.6 Å². The molecule has 3 rings (SSSR count). The first-order chi connectivity index (χ1) is 10.5. The van der Waals surface area contributed by atoms with Crippen LogP contribution in [-0.2, 0) is 9.59 Å². The molecule has 5 heteroatoms. The van der Waals surface area contributed by atoms with Crippen LogP contribution < -0.4 is 10.1 Å². The van der Waals surface area contributed by atoms with Crippen LogP contribution in [0.3, 0.4) is 0 Å². The SMILES string of the molecule is CCN(CC)C(=O)[C@@H]1C(=O)N[C@@]2(C)C[C@H]1c1ccccc1O2. The molecule has 3 atom stereocenters. The molecule has 1 aromatic carbocycles. The molecule has 0 saturated carbocycles. The quantitative estimate of drug-likeness (QED) is 0.867. The summed E-state index contributed by atoms with van der Waals surface area (Å²) in [5.41, 5.74) is 0.233. The highest BCUT2D eigenvalue weighted by atomic mass is 16.5. The van der Waals surface area contributed by atoms with Gasteiger partial charge in [0.15, 0.2) is 5.72 Å². The van der Waals surface area contributed by atoms with Crippen LogP contribution in [-0.4, -0.2) is 35.5 Å². The molecule has 2 heterocycles. The van der Waals surface area contributed by atoms with E-state index in [2.05, 4.69) is 5.32 Å². The lowest BCUT2D eigenvalue weighted by atomic mass is 9.74. The van der Waals surface area contributed by atoms with Gasteiger partial charge < -0.3 is 15.0 Å². The van der Waals surface area contributed by atoms with Gasteiger partial charge >= 0.3 is 0 Å². The van der Waals surface area contributed by atoms with Gasteiger partial charge in [-0.15, -0.1) is 0 Å². The average molecular weight is 302 g/mol. The van der Waals surface area contributed by atoms with Crippen molar-refractivity contribution in [3.63, 3.8) is 0 Å². The van der Waals surface area contributed by atoms with Crippen LogP contribution in [0.15, 0.2) is 24.3 Å². The van der Waals surface area contributed by atoms with Crippen molar-refractivity contribution in [1.82, 2.24) is 10.2 Å². The number of ether oxygens (including phenoxy) is 1. The molecule has 1 fully saturated rings. The van der Waals surface area contributed by atoms with Crippen molar-refractivity contribution in [2.45, 2.75) is 38.8 Å². The molecule has 1 aromatic rings. The Morgan fingerprint density at radius 3 is 2.73 bits per heavy atom. The van der Waals surface area contributed by atoms with E-state index in [0.717, 1.165) is 11.3 Å². The minimum Gasteiger partial charge on any atom is -0.468 e. The molecule has 0 radical (unpaired) electrons. The van der Waals surface area contributed by atoms with Crippen LogP contribution in [0.4, 0.5) is 0 Å². The highest BCUT2D eigenvalue weighted by Gasteiger charge is 2.52. The molecule has 0 aliphatic carbocycles. The lowest BCUT2D eigenvalue weighted by molar-refractivity contribution is -0.152. The number of piperidine rings is 1. The van der Waals surface area contributed by atoms with Gasteiger partial charge in [-0.25, -0.2) is 0 Å². The van der Waals surface area contributed by atoms with E-state index in [4.69, 9.17) is 4.74 Å². The second kappa shape index (κ2) is 5.30. The van der Waals surface area contributed by atoms with Crippen LogP contribution in [0, 0.1) is 5.92 Å². The molecule has 5 nitrogen and oxygen atoms in total. The summed E-state index contributed by atoms with van der Waals surface area (Å²) in [6.45, 7) is 6.96. The number of hydrogen-bond acceptors (Lipinski definition) is 3. The van der Waals surface area contributed by atoms with E-state index in [-0.39, 0.29) is 17.7 Å². The maximum absolute atomic E-state index is 12.8. The summed E-state index contributed by atoms with van der Waals surface area (Å²) >= 11 is 0. The Bertz CT molecular complexity index is 612. The lowest BCUT2D eigenvalue weighted by Crippen LogP contribution is -2.63. The number of para-hydroxylation sites is 1. The van der Waals surface area contributed by atoms with Crippen molar-refractivity contribution in [3.05, 3.63) is 29.8 Å². The number of hydrogen-bond donors (Lipinski definition) is 1. The minimum atomic E-state index is -0.726. The van der Waals surface area contributed by atoms with Gasteiger partial charge in [-0.05, 0) is 32.4 Å². The van der Waals surface area contributed by atoms with Crippen LogP contribution in [0.2, 0.25) is 0 Å². The Labute approximate surface area is 130 Å². The molecular weight excluding hydrogens is 280 g/mol. The largest absolute Gasteiger partial charge is 0.468 e. The van der Waals surface area contributed by atoms with Gasteiger partial charge in [-0.1, -0.05) is 18.2 Å². The Kier molecular flexibility index (Phi) is 3.59. The van der Waals surface area contributed by atoms with Crippen molar-refractivity contribution in [2.24, 2.45) is 5.92 Å². The van der Waals surface area contributed by atoms with Gasteiger partial charge in [-0.2, -0.15) is 0 Å². The monoisotopic (exact) mass is 302 g/mol. The second-order valence-electron chi connectivity index (χ2n) is 6.16. The molecule has 22 heavy (non-hydrogen) atoms. The second-order valence-corrected chi connectivity index (χ2v) is 6.16. The number of fused-ring (bicyclic) bond motifs is 4. The van der Waals surface area contributed by atoms with Crippen molar-refractivity contribution < 1.29 is 14.3 Å². The first-order valence-electron chi connectivity index (χ1n) is 7.88. The molecule has 0 aromatic heterocycles. The molecule has 0 spiro atoms. The van der Waals surface area contributed by atoms with Gasteiger partial charge in [0.05, 0.1) is 0 Å². The Hall–Kier alpha value is -2.04. The van der Waals surface area contributed by atoms with Gasteiger partial charge in [0.25, 0.3) is 0 Å². The third-order valence-corrected chi connectivity index (χ3v) is 4.68. The third-order valence-electron chi connectivity index (χ3n) is 4.68. The van der Waals surface area contributed by atoms with E-state index in [1.54, 1.807) is 4.90 Å².